The van der Waals surface area contributed by atoms with Crippen molar-refractivity contribution in [2.75, 3.05) is 0 Å². The van der Waals surface area contributed by atoms with Gasteiger partial charge in [0.2, 0.25) is 5.82 Å². The van der Waals surface area contributed by atoms with Crippen molar-refractivity contribution in [1.82, 2.24) is 0 Å². The minimum absolute atomic E-state index is 0.277. The fourth-order valence-corrected chi connectivity index (χ4v) is 3.54. The van der Waals surface area contributed by atoms with Crippen molar-refractivity contribution < 1.29 is 22.0 Å². The zero-order valence-corrected chi connectivity index (χ0v) is 12.9. The van der Waals surface area contributed by atoms with Crippen LogP contribution in [0.25, 0.3) is 0 Å². The number of rotatable bonds is 2. The zero-order valence-electron chi connectivity index (χ0n) is 9.71. The van der Waals surface area contributed by atoms with Gasteiger partial charge in [0.05, 0.1) is 14.7 Å². The lowest BCUT2D eigenvalue weighted by atomic mass is 10.1. The van der Waals surface area contributed by atoms with E-state index in [9.17, 15) is 22.0 Å². The number of thiophene rings is 1. The van der Waals surface area contributed by atoms with Crippen LogP contribution >= 0.6 is 38.9 Å². The Labute approximate surface area is 128 Å². The minimum Gasteiger partial charge on any atom is -0.203 e. The van der Waals surface area contributed by atoms with Crippen LogP contribution in [0, 0.1) is 36.0 Å². The predicted octanol–water partition coefficient (Wildman–Crippen LogP) is 5.84. The first-order valence-corrected chi connectivity index (χ1v) is 7.21. The second-order valence-corrected chi connectivity index (χ2v) is 6.79. The lowest BCUT2D eigenvalue weighted by molar-refractivity contribution is 0.371. The number of hydrogen-bond donors (Lipinski definition) is 0. The van der Waals surface area contributed by atoms with Crippen LogP contribution in [0.15, 0.2) is 9.85 Å². The molecule has 108 valence electrons. The number of benzene rings is 1. The van der Waals surface area contributed by atoms with E-state index in [0.717, 1.165) is 16.9 Å². The molecule has 0 fully saturated rings. The van der Waals surface area contributed by atoms with Crippen molar-refractivity contribution in [3.8, 4) is 0 Å². The van der Waals surface area contributed by atoms with E-state index in [-0.39, 0.29) is 4.88 Å². The molecule has 0 bridgehead atoms. The maximum absolute atomic E-state index is 13.6. The molecule has 20 heavy (non-hydrogen) atoms. The van der Waals surface area contributed by atoms with E-state index in [1.165, 1.54) is 6.07 Å². The van der Waals surface area contributed by atoms with Crippen LogP contribution < -0.4 is 0 Å². The van der Waals surface area contributed by atoms with E-state index in [1.54, 1.807) is 6.92 Å². The summed E-state index contributed by atoms with van der Waals surface area (Å²) < 4.78 is 67.2. The molecule has 0 saturated carbocycles. The van der Waals surface area contributed by atoms with Crippen molar-refractivity contribution in [2.24, 2.45) is 0 Å². The molecule has 1 atom stereocenters. The average molecular weight is 392 g/mol. The predicted molar refractivity (Wildman–Crippen MR) is 70.7 cm³/mol. The van der Waals surface area contributed by atoms with Gasteiger partial charge < -0.3 is 0 Å². The molecular weight excluding hydrogens is 387 g/mol. The summed E-state index contributed by atoms with van der Waals surface area (Å²) in [5.74, 6) is -10.0. The van der Waals surface area contributed by atoms with Gasteiger partial charge in [-0.2, -0.15) is 0 Å². The molecule has 0 aliphatic rings. The quantitative estimate of drug-likeness (QED) is 0.261. The summed E-state index contributed by atoms with van der Waals surface area (Å²) in [4.78, 5) is 0.277. The molecule has 0 aliphatic heterocycles. The maximum atomic E-state index is 13.6. The van der Waals surface area contributed by atoms with Crippen molar-refractivity contribution in [3.63, 3.8) is 0 Å². The first-order chi connectivity index (χ1) is 9.25. The highest BCUT2D eigenvalue weighted by atomic mass is 79.9. The van der Waals surface area contributed by atoms with Crippen LogP contribution in [0.5, 0.6) is 0 Å². The van der Waals surface area contributed by atoms with Gasteiger partial charge in [-0.05, 0) is 34.5 Å². The molecule has 0 aliphatic carbocycles. The normalized spacial score (nSPS) is 12.8. The highest BCUT2D eigenvalue weighted by Crippen LogP contribution is 2.41. The van der Waals surface area contributed by atoms with E-state index in [4.69, 9.17) is 11.6 Å². The second-order valence-electron chi connectivity index (χ2n) is 3.95. The summed E-state index contributed by atoms with van der Waals surface area (Å²) in [6, 6.07) is 1.52. The Bertz CT molecular complexity index is 636. The van der Waals surface area contributed by atoms with Gasteiger partial charge in [0.15, 0.2) is 23.3 Å². The van der Waals surface area contributed by atoms with E-state index in [1.807, 2.05) is 0 Å². The van der Waals surface area contributed by atoms with Gasteiger partial charge in [-0.15, -0.1) is 22.9 Å². The Morgan fingerprint density at radius 1 is 1.00 bits per heavy atom. The van der Waals surface area contributed by atoms with Crippen LogP contribution in [0.1, 0.15) is 21.4 Å². The summed E-state index contributed by atoms with van der Waals surface area (Å²) in [6.45, 7) is 1.71. The maximum Gasteiger partial charge on any atom is 0.200 e. The topological polar surface area (TPSA) is 0 Å². The van der Waals surface area contributed by atoms with Crippen molar-refractivity contribution >= 4 is 38.9 Å². The molecule has 0 nitrogen and oxygen atoms in total. The first-order valence-electron chi connectivity index (χ1n) is 5.17. The average Bonchev–Trinajstić information content (AvgIpc) is 2.74. The fraction of sp³-hybridized carbons (Fsp3) is 0.167. The molecule has 0 N–H and O–H groups in total. The van der Waals surface area contributed by atoms with Crippen LogP contribution in [-0.4, -0.2) is 0 Å². The molecule has 2 aromatic rings. The molecule has 1 heterocycles. The Balaban J connectivity index is 2.63. The number of hydrogen-bond acceptors (Lipinski definition) is 1. The third kappa shape index (κ3) is 2.46. The SMILES string of the molecule is Cc1cc(C(Cl)c2c(F)c(F)c(F)c(F)c2F)sc1Br. The highest BCUT2D eigenvalue weighted by Gasteiger charge is 2.31. The smallest absolute Gasteiger partial charge is 0.200 e. The van der Waals surface area contributed by atoms with Crippen molar-refractivity contribution in [1.29, 1.82) is 0 Å². The number of alkyl halides is 1. The molecular formula is C12H5BrClF5S. The molecule has 0 radical (unpaired) electrons. The Morgan fingerprint density at radius 2 is 1.45 bits per heavy atom. The standard InChI is InChI=1S/C12H5BrClF5S/c1-3-2-4(20-12(3)13)6(14)5-7(15)9(17)11(19)10(18)8(5)16/h2,6H,1H3. The minimum atomic E-state index is -2.20. The monoisotopic (exact) mass is 390 g/mol. The first kappa shape index (κ1) is 15.7. The van der Waals surface area contributed by atoms with Gasteiger partial charge in [0.1, 0.15) is 0 Å². The van der Waals surface area contributed by atoms with E-state index in [0.29, 0.717) is 3.79 Å². The molecule has 1 aromatic heterocycles. The van der Waals surface area contributed by atoms with Gasteiger partial charge in [-0.3, -0.25) is 0 Å². The summed E-state index contributed by atoms with van der Waals surface area (Å²) in [5, 5.41) is -1.46. The van der Waals surface area contributed by atoms with Crippen LogP contribution in [0.3, 0.4) is 0 Å². The van der Waals surface area contributed by atoms with E-state index >= 15 is 0 Å². The third-order valence-corrected chi connectivity index (χ3v) is 5.41. The van der Waals surface area contributed by atoms with Gasteiger partial charge in [0.25, 0.3) is 0 Å². The Kier molecular flexibility index (Phi) is 4.41. The molecule has 0 spiro atoms. The van der Waals surface area contributed by atoms with E-state index in [2.05, 4.69) is 15.9 Å². The molecule has 8 heteroatoms. The number of halogens is 7. The second kappa shape index (κ2) is 5.61. The van der Waals surface area contributed by atoms with Gasteiger partial charge in [0, 0.05) is 4.88 Å². The Hall–Kier alpha value is -0.660. The molecule has 2 rings (SSSR count). The lowest BCUT2D eigenvalue weighted by Gasteiger charge is -2.12. The van der Waals surface area contributed by atoms with Crippen molar-refractivity contribution in [3.05, 3.63) is 54.9 Å². The molecule has 0 amide bonds. The Morgan fingerprint density at radius 3 is 1.85 bits per heavy atom. The largest absolute Gasteiger partial charge is 0.203 e. The fourth-order valence-electron chi connectivity index (χ4n) is 1.60. The van der Waals surface area contributed by atoms with E-state index < -0.39 is 40.0 Å². The molecule has 1 unspecified atom stereocenters. The summed E-state index contributed by atoms with van der Waals surface area (Å²) in [7, 11) is 0. The molecule has 1 aromatic carbocycles. The lowest BCUT2D eigenvalue weighted by Crippen LogP contribution is -2.09. The number of aryl methyl sites for hydroxylation is 1. The van der Waals surface area contributed by atoms with Gasteiger partial charge in [-0.25, -0.2) is 22.0 Å². The summed E-state index contributed by atoms with van der Waals surface area (Å²) in [6.07, 6.45) is 0. The van der Waals surface area contributed by atoms with Crippen LogP contribution in [0.4, 0.5) is 22.0 Å². The highest BCUT2D eigenvalue weighted by molar-refractivity contribution is 9.11. The van der Waals surface area contributed by atoms with Crippen LogP contribution in [-0.2, 0) is 0 Å². The van der Waals surface area contributed by atoms with Crippen LogP contribution in [0.2, 0.25) is 0 Å². The van der Waals surface area contributed by atoms with Gasteiger partial charge in [-0.1, -0.05) is 0 Å². The molecule has 0 saturated heterocycles. The zero-order chi connectivity index (χ0) is 15.2. The summed E-state index contributed by atoms with van der Waals surface area (Å²) >= 11 is 10.1. The summed E-state index contributed by atoms with van der Waals surface area (Å²) in [5.41, 5.74) is -0.295. The van der Waals surface area contributed by atoms with Gasteiger partial charge >= 0.3 is 0 Å². The van der Waals surface area contributed by atoms with Crippen molar-refractivity contribution in [2.45, 2.75) is 12.3 Å². The third-order valence-electron chi connectivity index (χ3n) is 2.62.